The van der Waals surface area contributed by atoms with Crippen molar-refractivity contribution in [1.82, 2.24) is 10.2 Å². The number of nitrogens with one attached hydrogen (secondary N) is 1. The number of hydrogen-bond donors (Lipinski definition) is 1. The predicted octanol–water partition coefficient (Wildman–Crippen LogP) is 4.49. The van der Waals surface area contributed by atoms with Gasteiger partial charge >= 0.3 is 0 Å². The standard InChI is InChI=1S/C23H23ClN4O4S2/c1-34(30,31)19-12-11-16(14-18(19)24)21(28-32-17-9-5-6-10-17)22(29)25-23-27-26-20(33-23)13-15-7-3-2-4-8-15/h2-4,7-8,11-12,14,17H,5-6,9-10,13H2,1H3,(H,25,27,29)/b28-21+. The lowest BCUT2D eigenvalue weighted by Gasteiger charge is -2.11. The SMILES string of the molecule is CS(=O)(=O)c1ccc(/C(=N\OC2CCCC2)C(=O)Nc2nnc(Cc3ccccc3)s2)cc1Cl. The Morgan fingerprint density at radius 3 is 2.59 bits per heavy atom. The summed E-state index contributed by atoms with van der Waals surface area (Å²) in [5, 5.41) is 16.1. The molecule has 0 atom stereocenters. The molecule has 1 saturated carbocycles. The van der Waals surface area contributed by atoms with Crippen molar-refractivity contribution in [3.05, 3.63) is 69.7 Å². The number of rotatable bonds is 8. The number of oxime groups is 1. The van der Waals surface area contributed by atoms with Crippen LogP contribution in [0.3, 0.4) is 0 Å². The number of halogens is 1. The highest BCUT2D eigenvalue weighted by Gasteiger charge is 2.23. The van der Waals surface area contributed by atoms with Crippen LogP contribution in [0.25, 0.3) is 0 Å². The van der Waals surface area contributed by atoms with Crippen LogP contribution in [0.1, 0.15) is 41.8 Å². The molecular formula is C23H23ClN4O4S2. The predicted molar refractivity (Wildman–Crippen MR) is 132 cm³/mol. The molecule has 8 nitrogen and oxygen atoms in total. The average Bonchev–Trinajstić information content (AvgIpc) is 3.46. The van der Waals surface area contributed by atoms with E-state index in [1.807, 2.05) is 30.3 Å². The minimum atomic E-state index is -3.51. The third-order valence-electron chi connectivity index (χ3n) is 5.30. The average molecular weight is 519 g/mol. The van der Waals surface area contributed by atoms with Crippen molar-refractivity contribution in [2.75, 3.05) is 11.6 Å². The van der Waals surface area contributed by atoms with Gasteiger partial charge in [0.25, 0.3) is 5.91 Å². The van der Waals surface area contributed by atoms with Crippen molar-refractivity contribution in [3.63, 3.8) is 0 Å². The molecular weight excluding hydrogens is 496 g/mol. The fraction of sp³-hybridized carbons (Fsp3) is 0.304. The van der Waals surface area contributed by atoms with E-state index in [4.69, 9.17) is 16.4 Å². The molecule has 4 rings (SSSR count). The lowest BCUT2D eigenvalue weighted by molar-refractivity contribution is -0.110. The lowest BCUT2D eigenvalue weighted by Crippen LogP contribution is -2.25. The van der Waals surface area contributed by atoms with Gasteiger partial charge in [-0.2, -0.15) is 0 Å². The Balaban J connectivity index is 1.56. The van der Waals surface area contributed by atoms with Crippen LogP contribution in [0.4, 0.5) is 5.13 Å². The van der Waals surface area contributed by atoms with E-state index in [1.54, 1.807) is 0 Å². The van der Waals surface area contributed by atoms with Gasteiger partial charge < -0.3 is 4.84 Å². The van der Waals surface area contributed by atoms with Gasteiger partial charge in [-0.05, 0) is 43.4 Å². The maximum absolute atomic E-state index is 13.1. The Bertz CT molecular complexity index is 1300. The normalized spacial score (nSPS) is 14.8. The van der Waals surface area contributed by atoms with Crippen molar-refractivity contribution in [3.8, 4) is 0 Å². The molecule has 0 aliphatic heterocycles. The fourth-order valence-electron chi connectivity index (χ4n) is 3.60. The number of benzene rings is 2. The molecule has 0 unspecified atom stereocenters. The van der Waals surface area contributed by atoms with E-state index in [9.17, 15) is 13.2 Å². The molecule has 1 aromatic heterocycles. The van der Waals surface area contributed by atoms with Gasteiger partial charge in [0.05, 0.1) is 9.92 Å². The topological polar surface area (TPSA) is 111 Å². The van der Waals surface area contributed by atoms with Crippen LogP contribution < -0.4 is 5.32 Å². The summed E-state index contributed by atoms with van der Waals surface area (Å²) < 4.78 is 23.8. The summed E-state index contributed by atoms with van der Waals surface area (Å²) in [5.41, 5.74) is 1.40. The van der Waals surface area contributed by atoms with E-state index in [2.05, 4.69) is 20.7 Å². The van der Waals surface area contributed by atoms with Crippen LogP contribution in [0.5, 0.6) is 0 Å². The minimum Gasteiger partial charge on any atom is -0.392 e. The molecule has 11 heteroatoms. The third-order valence-corrected chi connectivity index (χ3v) is 7.72. The van der Waals surface area contributed by atoms with E-state index >= 15 is 0 Å². The number of carbonyl (C=O) groups is 1. The number of hydrogen-bond acceptors (Lipinski definition) is 8. The first kappa shape index (κ1) is 24.3. The quantitative estimate of drug-likeness (QED) is 0.347. The first-order valence-corrected chi connectivity index (χ1v) is 13.8. The van der Waals surface area contributed by atoms with Crippen LogP contribution in [0, 0.1) is 0 Å². The zero-order valence-electron chi connectivity index (χ0n) is 18.4. The summed E-state index contributed by atoms with van der Waals surface area (Å²) in [7, 11) is -3.51. The fourth-order valence-corrected chi connectivity index (χ4v) is 5.70. The Hall–Kier alpha value is -2.82. The molecule has 2 aromatic carbocycles. The van der Waals surface area contributed by atoms with Crippen molar-refractivity contribution in [1.29, 1.82) is 0 Å². The molecule has 1 N–H and O–H groups in total. The zero-order chi connectivity index (χ0) is 24.1. The summed E-state index contributed by atoms with van der Waals surface area (Å²) in [6.45, 7) is 0. The monoisotopic (exact) mass is 518 g/mol. The van der Waals surface area contributed by atoms with Crippen LogP contribution in [0.2, 0.25) is 5.02 Å². The van der Waals surface area contributed by atoms with Crippen LogP contribution >= 0.6 is 22.9 Å². The van der Waals surface area contributed by atoms with Gasteiger partial charge in [0.1, 0.15) is 11.1 Å². The second-order valence-electron chi connectivity index (χ2n) is 7.99. The zero-order valence-corrected chi connectivity index (χ0v) is 20.8. The summed E-state index contributed by atoms with van der Waals surface area (Å²) in [5.74, 6) is -0.552. The summed E-state index contributed by atoms with van der Waals surface area (Å²) in [6.07, 6.45) is 5.44. The molecule has 34 heavy (non-hydrogen) atoms. The Morgan fingerprint density at radius 2 is 1.91 bits per heavy atom. The number of amides is 1. The second kappa shape index (κ2) is 10.6. The molecule has 0 bridgehead atoms. The van der Waals surface area contributed by atoms with Gasteiger partial charge in [0.15, 0.2) is 15.5 Å². The number of nitrogens with zero attached hydrogens (tertiary/aromatic N) is 3. The van der Waals surface area contributed by atoms with Crippen molar-refractivity contribution >= 4 is 49.5 Å². The Morgan fingerprint density at radius 1 is 1.18 bits per heavy atom. The summed E-state index contributed by atoms with van der Waals surface area (Å²) in [6, 6.07) is 14.1. The summed E-state index contributed by atoms with van der Waals surface area (Å²) >= 11 is 7.47. The van der Waals surface area contributed by atoms with E-state index in [0.717, 1.165) is 42.5 Å². The van der Waals surface area contributed by atoms with Crippen LogP contribution in [0.15, 0.2) is 58.6 Å². The highest BCUT2D eigenvalue weighted by atomic mass is 35.5. The van der Waals surface area contributed by atoms with Crippen LogP contribution in [-0.4, -0.2) is 42.6 Å². The second-order valence-corrected chi connectivity index (χ2v) is 11.4. The van der Waals surface area contributed by atoms with Crippen molar-refractivity contribution in [2.24, 2.45) is 5.16 Å². The maximum Gasteiger partial charge on any atom is 0.280 e. The molecule has 3 aromatic rings. The molecule has 1 amide bonds. The number of carbonyl (C=O) groups excluding carboxylic acids is 1. The smallest absolute Gasteiger partial charge is 0.280 e. The molecule has 0 spiro atoms. The van der Waals surface area contributed by atoms with E-state index in [-0.39, 0.29) is 21.7 Å². The van der Waals surface area contributed by atoms with Gasteiger partial charge in [0, 0.05) is 18.2 Å². The largest absolute Gasteiger partial charge is 0.392 e. The van der Waals surface area contributed by atoms with Crippen LogP contribution in [-0.2, 0) is 25.9 Å². The van der Waals surface area contributed by atoms with E-state index in [1.165, 1.54) is 29.5 Å². The van der Waals surface area contributed by atoms with Crippen molar-refractivity contribution in [2.45, 2.75) is 43.1 Å². The number of anilines is 1. The molecule has 178 valence electrons. The molecule has 0 radical (unpaired) electrons. The number of aromatic nitrogens is 2. The van der Waals surface area contributed by atoms with Gasteiger partial charge in [0.2, 0.25) is 5.13 Å². The number of sulfone groups is 1. The first-order chi connectivity index (χ1) is 16.3. The van der Waals surface area contributed by atoms with E-state index < -0.39 is 15.7 Å². The van der Waals surface area contributed by atoms with Gasteiger partial charge in [-0.1, -0.05) is 64.5 Å². The molecule has 0 saturated heterocycles. The molecule has 1 fully saturated rings. The Labute approximate surface area is 206 Å². The highest BCUT2D eigenvalue weighted by Crippen LogP contribution is 2.25. The molecule has 1 aliphatic carbocycles. The van der Waals surface area contributed by atoms with Crippen molar-refractivity contribution < 1.29 is 18.0 Å². The first-order valence-electron chi connectivity index (χ1n) is 10.7. The molecule has 1 heterocycles. The van der Waals surface area contributed by atoms with Gasteiger partial charge in [-0.3, -0.25) is 10.1 Å². The highest BCUT2D eigenvalue weighted by molar-refractivity contribution is 7.90. The minimum absolute atomic E-state index is 0.00225. The third kappa shape index (κ3) is 6.19. The van der Waals surface area contributed by atoms with Gasteiger partial charge in [-0.15, -0.1) is 10.2 Å². The van der Waals surface area contributed by atoms with Gasteiger partial charge in [-0.25, -0.2) is 8.42 Å². The molecule has 1 aliphatic rings. The maximum atomic E-state index is 13.1. The lowest BCUT2D eigenvalue weighted by atomic mass is 10.1. The van der Waals surface area contributed by atoms with E-state index in [0.29, 0.717) is 17.1 Å². The Kier molecular flexibility index (Phi) is 7.60. The summed E-state index contributed by atoms with van der Waals surface area (Å²) in [4.78, 5) is 18.7.